The van der Waals surface area contributed by atoms with Crippen molar-refractivity contribution in [3.05, 3.63) is 35.7 Å². The van der Waals surface area contributed by atoms with Crippen LogP contribution in [0.3, 0.4) is 0 Å². The molecule has 3 N–H and O–H groups in total. The van der Waals surface area contributed by atoms with Crippen molar-refractivity contribution in [1.82, 2.24) is 25.3 Å². The summed E-state index contributed by atoms with van der Waals surface area (Å²) in [6, 6.07) is 2.36. The largest absolute Gasteiger partial charge is 0.405 e. The third-order valence-electron chi connectivity index (χ3n) is 4.11. The topological polar surface area (TPSA) is 95.6 Å². The summed E-state index contributed by atoms with van der Waals surface area (Å²) in [5.41, 5.74) is 1.26. The SMILES string of the molecule is CC(C)[C@@H](Nc1ccnc(-c2c[nH]c3ncc(Cl)cc23)n1)C(=O)NCC(F)(F)F. The highest BCUT2D eigenvalue weighted by Gasteiger charge is 2.30. The van der Waals surface area contributed by atoms with Gasteiger partial charge in [-0.05, 0) is 18.1 Å². The van der Waals surface area contributed by atoms with Gasteiger partial charge >= 0.3 is 6.18 Å². The number of nitrogens with one attached hydrogen (secondary N) is 3. The Bertz CT molecular complexity index is 1020. The van der Waals surface area contributed by atoms with Crippen molar-refractivity contribution in [3.8, 4) is 11.4 Å². The molecule has 3 aromatic rings. The maximum atomic E-state index is 12.4. The van der Waals surface area contributed by atoms with E-state index in [-0.39, 0.29) is 5.92 Å². The number of fused-ring (bicyclic) bond motifs is 1. The first-order valence-corrected chi connectivity index (χ1v) is 9.09. The summed E-state index contributed by atoms with van der Waals surface area (Å²) in [5, 5.41) is 5.97. The van der Waals surface area contributed by atoms with Crippen molar-refractivity contribution in [2.45, 2.75) is 26.1 Å². The summed E-state index contributed by atoms with van der Waals surface area (Å²) in [6.45, 7) is 2.05. The summed E-state index contributed by atoms with van der Waals surface area (Å²) in [7, 11) is 0. The Morgan fingerprint density at radius 3 is 2.76 bits per heavy atom. The molecular formula is C18H18ClF3N6O. The molecule has 0 spiro atoms. The van der Waals surface area contributed by atoms with E-state index in [1.807, 2.05) is 5.32 Å². The summed E-state index contributed by atoms with van der Waals surface area (Å²) >= 11 is 6.01. The van der Waals surface area contributed by atoms with Gasteiger partial charge in [0.05, 0.1) is 5.02 Å². The smallest absolute Gasteiger partial charge is 0.358 e. The fraction of sp³-hybridized carbons (Fsp3) is 0.333. The van der Waals surface area contributed by atoms with Crippen molar-refractivity contribution < 1.29 is 18.0 Å². The normalized spacial score (nSPS) is 12.9. The van der Waals surface area contributed by atoms with Crippen LogP contribution in [-0.2, 0) is 4.79 Å². The number of H-pyrrole nitrogens is 1. The van der Waals surface area contributed by atoms with Gasteiger partial charge in [0, 0.05) is 29.5 Å². The van der Waals surface area contributed by atoms with Crippen molar-refractivity contribution in [2.75, 3.05) is 11.9 Å². The fourth-order valence-corrected chi connectivity index (χ4v) is 2.88. The van der Waals surface area contributed by atoms with Gasteiger partial charge in [0.1, 0.15) is 24.1 Å². The number of hydrogen-bond acceptors (Lipinski definition) is 5. The Morgan fingerprint density at radius 2 is 2.07 bits per heavy atom. The number of pyridine rings is 1. The molecule has 0 radical (unpaired) electrons. The highest BCUT2D eigenvalue weighted by Crippen LogP contribution is 2.27. The average molecular weight is 427 g/mol. The Kier molecular flexibility index (Phi) is 5.92. The molecule has 0 aliphatic rings. The summed E-state index contributed by atoms with van der Waals surface area (Å²) in [4.78, 5) is 28.0. The first-order valence-electron chi connectivity index (χ1n) is 8.71. The molecule has 0 fully saturated rings. The monoisotopic (exact) mass is 426 g/mol. The summed E-state index contributed by atoms with van der Waals surface area (Å²) in [5.74, 6) is -0.387. The lowest BCUT2D eigenvalue weighted by Crippen LogP contribution is -2.46. The van der Waals surface area contributed by atoms with Crippen LogP contribution < -0.4 is 10.6 Å². The van der Waals surface area contributed by atoms with Crippen molar-refractivity contribution >= 4 is 34.4 Å². The quantitative estimate of drug-likeness (QED) is 0.557. The van der Waals surface area contributed by atoms with Crippen molar-refractivity contribution in [1.29, 1.82) is 0 Å². The number of nitrogens with zero attached hydrogens (tertiary/aromatic N) is 3. The fourth-order valence-electron chi connectivity index (χ4n) is 2.72. The minimum atomic E-state index is -4.48. The Balaban J connectivity index is 1.84. The molecular weight excluding hydrogens is 409 g/mol. The van der Waals surface area contributed by atoms with Gasteiger partial charge in [-0.3, -0.25) is 4.79 Å². The lowest BCUT2D eigenvalue weighted by molar-refractivity contribution is -0.139. The lowest BCUT2D eigenvalue weighted by atomic mass is 10.0. The molecule has 0 bridgehead atoms. The second-order valence-corrected chi connectivity index (χ2v) is 7.15. The van der Waals surface area contributed by atoms with Crippen LogP contribution in [0.15, 0.2) is 30.7 Å². The standard InChI is InChI=1S/C18H18ClF3N6O/c1-9(2)14(17(29)26-8-18(20,21)22)27-13-3-4-23-16(28-13)12-7-25-15-11(12)5-10(19)6-24-15/h3-7,9,14H,8H2,1-2H3,(H,24,25)(H,26,29)(H,23,27,28)/t14-/m1/s1. The predicted octanol–water partition coefficient (Wildman–Crippen LogP) is 3.79. The molecule has 7 nitrogen and oxygen atoms in total. The number of halogens is 4. The van der Waals surface area contributed by atoms with Crippen LogP contribution in [0.25, 0.3) is 22.4 Å². The number of hydrogen-bond donors (Lipinski definition) is 3. The Morgan fingerprint density at radius 1 is 1.31 bits per heavy atom. The zero-order valence-corrected chi connectivity index (χ0v) is 16.3. The van der Waals surface area contributed by atoms with Gasteiger partial charge in [0.2, 0.25) is 5.91 Å². The van der Waals surface area contributed by atoms with E-state index in [4.69, 9.17) is 11.6 Å². The second-order valence-electron chi connectivity index (χ2n) is 6.72. The average Bonchev–Trinajstić information content (AvgIpc) is 3.06. The van der Waals surface area contributed by atoms with Crippen LogP contribution in [0.5, 0.6) is 0 Å². The van der Waals surface area contributed by atoms with Gasteiger partial charge in [-0.15, -0.1) is 0 Å². The summed E-state index contributed by atoms with van der Waals surface area (Å²) < 4.78 is 37.2. The zero-order chi connectivity index (χ0) is 21.2. The van der Waals surface area contributed by atoms with E-state index in [0.717, 1.165) is 5.39 Å². The molecule has 3 aromatic heterocycles. The zero-order valence-electron chi connectivity index (χ0n) is 15.5. The van der Waals surface area contributed by atoms with E-state index in [0.29, 0.717) is 27.9 Å². The minimum absolute atomic E-state index is 0.280. The molecule has 3 rings (SSSR count). The van der Waals surface area contributed by atoms with Crippen LogP contribution in [-0.4, -0.2) is 44.6 Å². The van der Waals surface area contributed by atoms with E-state index in [9.17, 15) is 18.0 Å². The second kappa shape index (κ2) is 8.24. The highest BCUT2D eigenvalue weighted by atomic mass is 35.5. The number of anilines is 1. The number of rotatable bonds is 6. The number of amides is 1. The third kappa shape index (κ3) is 5.14. The molecule has 0 saturated carbocycles. The number of aromatic amines is 1. The molecule has 11 heteroatoms. The molecule has 1 atom stereocenters. The molecule has 154 valence electrons. The molecule has 0 saturated heterocycles. The summed E-state index contributed by atoms with van der Waals surface area (Å²) in [6.07, 6.45) is 0.204. The number of alkyl halides is 3. The van der Waals surface area contributed by atoms with Gasteiger partial charge in [0.25, 0.3) is 0 Å². The molecule has 3 heterocycles. The van der Waals surface area contributed by atoms with E-state index < -0.39 is 24.7 Å². The number of carbonyl (C=O) groups is 1. The van der Waals surface area contributed by atoms with Crippen LogP contribution in [0.2, 0.25) is 5.02 Å². The van der Waals surface area contributed by atoms with Gasteiger partial charge in [-0.2, -0.15) is 13.2 Å². The van der Waals surface area contributed by atoms with E-state index in [1.54, 1.807) is 26.1 Å². The van der Waals surface area contributed by atoms with Gasteiger partial charge in [-0.25, -0.2) is 15.0 Å². The van der Waals surface area contributed by atoms with E-state index in [2.05, 4.69) is 25.3 Å². The Labute approximate surface area is 169 Å². The van der Waals surface area contributed by atoms with Crippen LogP contribution >= 0.6 is 11.6 Å². The highest BCUT2D eigenvalue weighted by molar-refractivity contribution is 6.31. The third-order valence-corrected chi connectivity index (χ3v) is 4.32. The maximum Gasteiger partial charge on any atom is 0.405 e. The molecule has 1 amide bonds. The number of aromatic nitrogens is 4. The van der Waals surface area contributed by atoms with Gasteiger partial charge in [-0.1, -0.05) is 25.4 Å². The van der Waals surface area contributed by atoms with Crippen LogP contribution in [0.4, 0.5) is 19.0 Å². The van der Waals surface area contributed by atoms with Crippen molar-refractivity contribution in [2.24, 2.45) is 5.92 Å². The van der Waals surface area contributed by atoms with Gasteiger partial charge < -0.3 is 15.6 Å². The van der Waals surface area contributed by atoms with Crippen molar-refractivity contribution in [3.63, 3.8) is 0 Å². The van der Waals surface area contributed by atoms with Gasteiger partial charge in [0.15, 0.2) is 5.82 Å². The van der Waals surface area contributed by atoms with Crippen LogP contribution in [0, 0.1) is 5.92 Å². The van der Waals surface area contributed by atoms with E-state index >= 15 is 0 Å². The number of carbonyl (C=O) groups excluding carboxylic acids is 1. The lowest BCUT2D eigenvalue weighted by Gasteiger charge is -2.22. The molecule has 0 aromatic carbocycles. The molecule has 29 heavy (non-hydrogen) atoms. The van der Waals surface area contributed by atoms with Crippen LogP contribution in [0.1, 0.15) is 13.8 Å². The first-order chi connectivity index (χ1) is 13.6. The molecule has 0 unspecified atom stereocenters. The predicted molar refractivity (Wildman–Crippen MR) is 103 cm³/mol. The minimum Gasteiger partial charge on any atom is -0.358 e. The maximum absolute atomic E-state index is 12.4. The molecule has 0 aliphatic carbocycles. The first kappa shape index (κ1) is 20.8. The van der Waals surface area contributed by atoms with E-state index in [1.165, 1.54) is 18.5 Å². The Hall–Kier alpha value is -2.88. The molecule has 0 aliphatic heterocycles.